The fourth-order valence-corrected chi connectivity index (χ4v) is 4.06. The maximum absolute atomic E-state index is 11.5. The van der Waals surface area contributed by atoms with E-state index in [9.17, 15) is 18.6 Å². The Morgan fingerprint density at radius 2 is 1.82 bits per heavy atom. The second-order valence-electron chi connectivity index (χ2n) is 4.61. The van der Waals surface area contributed by atoms with Crippen LogP contribution in [0.25, 0.3) is 0 Å². The molecule has 22 heavy (non-hydrogen) atoms. The van der Waals surface area contributed by atoms with Gasteiger partial charge in [-0.15, -0.1) is 4.89 Å². The third-order valence-electron chi connectivity index (χ3n) is 2.14. The largest absolute Gasteiger partial charge is 0.705 e. The van der Waals surface area contributed by atoms with Crippen molar-refractivity contribution < 1.29 is 37.0 Å². The van der Waals surface area contributed by atoms with Gasteiger partial charge in [-0.2, -0.15) is 0 Å². The van der Waals surface area contributed by atoms with Gasteiger partial charge in [0.1, 0.15) is 0 Å². The molecule has 3 atom stereocenters. The predicted octanol–water partition coefficient (Wildman–Crippen LogP) is 4.16. The zero-order chi connectivity index (χ0) is 17.4. The average molecular weight is 373 g/mol. The molecule has 3 unspecified atom stereocenters. The molecule has 11 heteroatoms. The highest BCUT2D eigenvalue weighted by atomic mass is 31.3. The summed E-state index contributed by atoms with van der Waals surface area (Å²) in [6.45, 7) is 5.78. The lowest BCUT2D eigenvalue weighted by molar-refractivity contribution is 0.266. The first-order chi connectivity index (χ1) is 9.93. The van der Waals surface area contributed by atoms with Crippen LogP contribution in [0, 0.1) is 0 Å². The second-order valence-corrected chi connectivity index (χ2v) is 8.75. The molecule has 0 fully saturated rings. The van der Waals surface area contributed by atoms with E-state index >= 15 is 0 Å². The van der Waals surface area contributed by atoms with Gasteiger partial charge >= 0.3 is 23.7 Å². The van der Waals surface area contributed by atoms with Gasteiger partial charge in [-0.3, -0.25) is 9.46 Å². The highest BCUT2D eigenvalue weighted by Gasteiger charge is 2.40. The van der Waals surface area contributed by atoms with Crippen molar-refractivity contribution in [2.24, 2.45) is 0 Å². The van der Waals surface area contributed by atoms with E-state index in [1.54, 1.807) is 6.08 Å². The molecular weight excluding hydrogens is 353 g/mol. The lowest BCUT2D eigenvalue weighted by Crippen LogP contribution is -1.87. The quantitative estimate of drug-likeness (QED) is 0.312. The van der Waals surface area contributed by atoms with Gasteiger partial charge in [0.05, 0.1) is 0 Å². The van der Waals surface area contributed by atoms with Gasteiger partial charge in [0.25, 0.3) is 0 Å². The van der Waals surface area contributed by atoms with E-state index < -0.39 is 23.7 Å². The third-order valence-corrected chi connectivity index (χ3v) is 5.83. The van der Waals surface area contributed by atoms with Crippen molar-refractivity contribution >= 4 is 23.7 Å². The molecule has 0 heterocycles. The first-order valence-electron chi connectivity index (χ1n) is 6.14. The van der Waals surface area contributed by atoms with Crippen molar-refractivity contribution in [3.63, 3.8) is 0 Å². The van der Waals surface area contributed by atoms with Gasteiger partial charge < -0.3 is 4.89 Å². The molecule has 126 valence electrons. The van der Waals surface area contributed by atoms with Crippen LogP contribution in [0.5, 0.6) is 0 Å². The van der Waals surface area contributed by atoms with Gasteiger partial charge in [0.2, 0.25) is 0 Å². The van der Waals surface area contributed by atoms with E-state index in [-0.39, 0.29) is 0 Å². The lowest BCUT2D eigenvalue weighted by Gasteiger charge is -2.07. The molecule has 0 saturated carbocycles. The van der Waals surface area contributed by atoms with Crippen LogP contribution in [-0.4, -0.2) is 14.7 Å². The van der Waals surface area contributed by atoms with E-state index in [2.05, 4.69) is 14.7 Å². The van der Waals surface area contributed by atoms with Crippen LogP contribution in [0.1, 0.15) is 33.6 Å². The Labute approximate surface area is 130 Å². The molecule has 0 spiro atoms. The van der Waals surface area contributed by atoms with Gasteiger partial charge in [0.15, 0.2) is 0 Å². The zero-order valence-corrected chi connectivity index (χ0v) is 15.1. The SMILES string of the molecule is CC(C)=CCC/C(C)=C/C=C/P(=O)(O)OP(=O)(O)O[P+](=O)O. The first-order valence-corrected chi connectivity index (χ1v) is 10.4. The van der Waals surface area contributed by atoms with Crippen LogP contribution in [-0.2, 0) is 22.3 Å². The Kier molecular flexibility index (Phi) is 9.47. The summed E-state index contributed by atoms with van der Waals surface area (Å²) in [7, 11) is -13.1. The number of allylic oxidation sites excluding steroid dienone is 5. The van der Waals surface area contributed by atoms with Crippen LogP contribution < -0.4 is 0 Å². The Hall–Kier alpha value is -0.420. The summed E-state index contributed by atoms with van der Waals surface area (Å²) in [5.41, 5.74) is 2.12. The Balaban J connectivity index is 4.64. The van der Waals surface area contributed by atoms with Gasteiger partial charge in [-0.25, -0.2) is 8.88 Å². The molecule has 0 radical (unpaired) electrons. The highest BCUT2D eigenvalue weighted by molar-refractivity contribution is 7.68. The third kappa shape index (κ3) is 12.2. The minimum absolute atomic E-state index is 0.689. The molecule has 0 aromatic rings. The number of hydrogen-bond donors (Lipinski definition) is 3. The van der Waals surface area contributed by atoms with Crippen LogP contribution in [0.15, 0.2) is 35.2 Å². The summed E-state index contributed by atoms with van der Waals surface area (Å²) in [6.07, 6.45) is 6.39. The molecule has 8 nitrogen and oxygen atoms in total. The smallest absolute Gasteiger partial charge is 0.321 e. The minimum Gasteiger partial charge on any atom is -0.321 e. The lowest BCUT2D eigenvalue weighted by atomic mass is 10.1. The standard InChI is InChI=1S/C11H19O8P3/c1-10(2)6-4-7-11(3)8-5-9-21(14,15)19-22(16,17)18-20(12)13/h5-6,8-9H,4,7H2,1-3H3,(H2-,12,13,14,15,16,17)/p+1/b9-5+,11-8+. The molecule has 0 aliphatic carbocycles. The average Bonchev–Trinajstić information content (AvgIpc) is 2.23. The van der Waals surface area contributed by atoms with Crippen molar-refractivity contribution in [3.8, 4) is 0 Å². The normalized spacial score (nSPS) is 18.6. The van der Waals surface area contributed by atoms with E-state index in [1.807, 2.05) is 20.8 Å². The molecular formula is C11H20O8P3+. The minimum atomic E-state index is -5.09. The fraction of sp³-hybridized carbons (Fsp3) is 0.455. The summed E-state index contributed by atoms with van der Waals surface area (Å²) in [6, 6.07) is 0. The zero-order valence-electron chi connectivity index (χ0n) is 12.4. The molecule has 0 aliphatic heterocycles. The molecule has 0 bridgehead atoms. The monoisotopic (exact) mass is 373 g/mol. The van der Waals surface area contributed by atoms with Crippen LogP contribution in [0.2, 0.25) is 0 Å². The van der Waals surface area contributed by atoms with Crippen molar-refractivity contribution in [1.29, 1.82) is 0 Å². The Morgan fingerprint density at radius 1 is 1.23 bits per heavy atom. The number of hydrogen-bond acceptors (Lipinski definition) is 5. The maximum atomic E-state index is 11.5. The van der Waals surface area contributed by atoms with E-state index in [0.717, 1.165) is 18.4 Å². The van der Waals surface area contributed by atoms with E-state index in [1.165, 1.54) is 11.6 Å². The van der Waals surface area contributed by atoms with Gasteiger partial charge in [-0.05, 0) is 37.9 Å². The molecule has 3 N–H and O–H groups in total. The summed E-state index contributed by atoms with van der Waals surface area (Å²) in [5, 5.41) is 0. The van der Waals surface area contributed by atoms with Crippen LogP contribution >= 0.6 is 23.7 Å². The van der Waals surface area contributed by atoms with Crippen molar-refractivity contribution in [1.82, 2.24) is 0 Å². The summed E-state index contributed by atoms with van der Waals surface area (Å²) >= 11 is 0. The van der Waals surface area contributed by atoms with Gasteiger partial charge in [-0.1, -0.05) is 29.4 Å². The topological polar surface area (TPSA) is 130 Å². The summed E-state index contributed by atoms with van der Waals surface area (Å²) in [5.74, 6) is 0.689. The fourth-order valence-electron chi connectivity index (χ4n) is 1.27. The molecule has 0 aromatic heterocycles. The maximum Gasteiger partial charge on any atom is 0.705 e. The van der Waals surface area contributed by atoms with Crippen molar-refractivity contribution in [2.75, 3.05) is 0 Å². The Bertz CT molecular complexity index is 574. The van der Waals surface area contributed by atoms with E-state index in [4.69, 9.17) is 9.79 Å². The van der Waals surface area contributed by atoms with Gasteiger partial charge in [0, 0.05) is 10.4 Å². The Morgan fingerprint density at radius 3 is 2.32 bits per heavy atom. The summed E-state index contributed by atoms with van der Waals surface area (Å²) in [4.78, 5) is 26.6. The van der Waals surface area contributed by atoms with Crippen LogP contribution in [0.3, 0.4) is 0 Å². The second kappa shape index (κ2) is 9.66. The molecule has 0 amide bonds. The molecule has 0 saturated heterocycles. The van der Waals surface area contributed by atoms with Crippen molar-refractivity contribution in [3.05, 3.63) is 35.2 Å². The molecule has 0 aliphatic rings. The number of phosphoric acid groups is 1. The molecule has 0 rings (SSSR count). The number of rotatable bonds is 9. The first kappa shape index (κ1) is 21.6. The highest BCUT2D eigenvalue weighted by Crippen LogP contribution is 2.63. The van der Waals surface area contributed by atoms with E-state index in [0.29, 0.717) is 5.82 Å². The summed E-state index contributed by atoms with van der Waals surface area (Å²) < 4.78 is 40.5. The van der Waals surface area contributed by atoms with Crippen LogP contribution in [0.4, 0.5) is 0 Å². The molecule has 0 aromatic carbocycles. The predicted molar refractivity (Wildman–Crippen MR) is 83.2 cm³/mol. The van der Waals surface area contributed by atoms with Crippen molar-refractivity contribution in [2.45, 2.75) is 33.6 Å².